The highest BCUT2D eigenvalue weighted by Crippen LogP contribution is 2.43. The Morgan fingerprint density at radius 3 is 2.53 bits per heavy atom. The molecule has 0 bridgehead atoms. The molecular weight excluding hydrogens is 447 g/mol. The molecule has 4 aromatic rings. The lowest BCUT2D eigenvalue weighted by Crippen LogP contribution is -2.42. The van der Waals surface area contributed by atoms with Gasteiger partial charge in [-0.25, -0.2) is 17.9 Å². The Kier molecular flexibility index (Phi) is 4.87. The number of aromatic nitrogens is 3. The fourth-order valence-electron chi connectivity index (χ4n) is 4.46. The van der Waals surface area contributed by atoms with Crippen LogP contribution >= 0.6 is 0 Å². The molecule has 0 radical (unpaired) electrons. The number of nitrogens with two attached hydrogens (primary N) is 2. The van der Waals surface area contributed by atoms with E-state index in [4.69, 9.17) is 11.5 Å². The van der Waals surface area contributed by atoms with Crippen LogP contribution in [0.3, 0.4) is 0 Å². The van der Waals surface area contributed by atoms with Crippen LogP contribution in [-0.2, 0) is 0 Å². The van der Waals surface area contributed by atoms with Crippen molar-refractivity contribution in [2.45, 2.75) is 31.4 Å². The molecule has 7 nitrogen and oxygen atoms in total. The van der Waals surface area contributed by atoms with Crippen molar-refractivity contribution in [2.24, 2.45) is 5.73 Å². The van der Waals surface area contributed by atoms with Crippen molar-refractivity contribution in [1.82, 2.24) is 14.8 Å². The molecule has 1 aliphatic carbocycles. The van der Waals surface area contributed by atoms with Crippen molar-refractivity contribution in [3.05, 3.63) is 65.6 Å². The molecule has 0 saturated heterocycles. The van der Waals surface area contributed by atoms with Crippen LogP contribution in [0.5, 0.6) is 0 Å². The Morgan fingerprint density at radius 2 is 1.85 bits per heavy atom. The number of fused-ring (bicyclic) bond motifs is 1. The van der Waals surface area contributed by atoms with Crippen molar-refractivity contribution >= 4 is 22.6 Å². The van der Waals surface area contributed by atoms with E-state index in [0.29, 0.717) is 29.3 Å². The molecule has 5 N–H and O–H groups in total. The van der Waals surface area contributed by atoms with Crippen LogP contribution in [0.2, 0.25) is 0 Å². The number of pyridine rings is 1. The summed E-state index contributed by atoms with van der Waals surface area (Å²) in [4.78, 5) is 16.5. The Balaban J connectivity index is 1.56. The number of halogens is 3. The molecule has 34 heavy (non-hydrogen) atoms. The molecule has 174 valence electrons. The lowest BCUT2D eigenvalue weighted by Gasteiger charge is -2.41. The van der Waals surface area contributed by atoms with Gasteiger partial charge in [0.05, 0.1) is 17.2 Å². The van der Waals surface area contributed by atoms with Gasteiger partial charge in [-0.3, -0.25) is 9.78 Å². The molecule has 1 fully saturated rings. The van der Waals surface area contributed by atoms with E-state index in [-0.39, 0.29) is 34.2 Å². The van der Waals surface area contributed by atoms with Crippen molar-refractivity contribution < 1.29 is 23.1 Å². The van der Waals surface area contributed by atoms with Gasteiger partial charge in [0.15, 0.2) is 17.5 Å². The predicted molar refractivity (Wildman–Crippen MR) is 120 cm³/mol. The standard InChI is InChI=1S/C24H20F3N5O2/c1-24(34)8-14(9-24)32-22(28)18(23(29)33)21(31-32)12-3-2-11-6-13(10-30-17(11)7-12)15-4-5-16(25)20(27)19(15)26/h2-7,10,14,34H,8-9,28H2,1H3,(H2,29,33). The summed E-state index contributed by atoms with van der Waals surface area (Å²) in [6, 6.07) is 8.49. The first-order valence-electron chi connectivity index (χ1n) is 10.5. The maximum Gasteiger partial charge on any atom is 0.254 e. The van der Waals surface area contributed by atoms with E-state index in [2.05, 4.69) is 10.1 Å². The molecule has 1 aliphatic rings. The predicted octanol–water partition coefficient (Wildman–Crippen LogP) is 3.95. The normalized spacial score (nSPS) is 19.9. The third-order valence-corrected chi connectivity index (χ3v) is 6.19. The topological polar surface area (TPSA) is 120 Å². The zero-order valence-corrected chi connectivity index (χ0v) is 18.0. The van der Waals surface area contributed by atoms with Crippen LogP contribution in [0.1, 0.15) is 36.2 Å². The molecule has 2 aromatic heterocycles. The van der Waals surface area contributed by atoms with Gasteiger partial charge in [-0.15, -0.1) is 0 Å². The number of aliphatic hydroxyl groups is 1. The minimum atomic E-state index is -1.55. The van der Waals surface area contributed by atoms with E-state index >= 15 is 0 Å². The monoisotopic (exact) mass is 467 g/mol. The number of benzene rings is 2. The molecule has 0 spiro atoms. The molecule has 1 amide bonds. The molecule has 0 aliphatic heterocycles. The first kappa shape index (κ1) is 21.9. The van der Waals surface area contributed by atoms with Gasteiger partial charge < -0.3 is 16.6 Å². The summed E-state index contributed by atoms with van der Waals surface area (Å²) >= 11 is 0. The highest BCUT2D eigenvalue weighted by molar-refractivity contribution is 6.04. The number of primary amides is 1. The average Bonchev–Trinajstić information content (AvgIpc) is 3.12. The third kappa shape index (κ3) is 3.47. The van der Waals surface area contributed by atoms with E-state index in [1.54, 1.807) is 31.2 Å². The quantitative estimate of drug-likeness (QED) is 0.393. The minimum absolute atomic E-state index is 0.0753. The highest BCUT2D eigenvalue weighted by Gasteiger charge is 2.41. The number of nitrogens with zero attached hydrogens (tertiary/aromatic N) is 3. The SMILES string of the molecule is CC1(O)CC(n2nc(-c3ccc4cc(-c5ccc(F)c(F)c5F)cnc4c3)c(C(N)=O)c2N)C1. The maximum atomic E-state index is 14.2. The van der Waals surface area contributed by atoms with Crippen LogP contribution < -0.4 is 11.5 Å². The maximum absolute atomic E-state index is 14.2. The van der Waals surface area contributed by atoms with Crippen LogP contribution in [0, 0.1) is 17.5 Å². The van der Waals surface area contributed by atoms with Gasteiger partial charge in [-0.2, -0.15) is 5.10 Å². The van der Waals surface area contributed by atoms with Crippen molar-refractivity contribution in [2.75, 3.05) is 5.73 Å². The van der Waals surface area contributed by atoms with Gasteiger partial charge >= 0.3 is 0 Å². The second kappa shape index (κ2) is 7.56. The zero-order chi connectivity index (χ0) is 24.4. The molecule has 2 heterocycles. The van der Waals surface area contributed by atoms with Crippen LogP contribution in [0.15, 0.2) is 42.6 Å². The molecule has 0 atom stereocenters. The highest BCUT2D eigenvalue weighted by atomic mass is 19.2. The van der Waals surface area contributed by atoms with Crippen LogP contribution in [0.25, 0.3) is 33.3 Å². The van der Waals surface area contributed by atoms with E-state index in [1.807, 2.05) is 0 Å². The van der Waals surface area contributed by atoms with Crippen molar-refractivity contribution in [3.8, 4) is 22.4 Å². The van der Waals surface area contributed by atoms with Gasteiger partial charge in [0.25, 0.3) is 5.91 Å². The van der Waals surface area contributed by atoms with Crippen LogP contribution in [-0.4, -0.2) is 31.4 Å². The molecule has 0 unspecified atom stereocenters. The number of carbonyl (C=O) groups excluding carboxylic acids is 1. The number of hydrogen-bond acceptors (Lipinski definition) is 5. The summed E-state index contributed by atoms with van der Waals surface area (Å²) in [5.41, 5.74) is 12.5. The zero-order valence-electron chi connectivity index (χ0n) is 18.0. The van der Waals surface area contributed by atoms with E-state index in [9.17, 15) is 23.1 Å². The number of amides is 1. The van der Waals surface area contributed by atoms with Gasteiger partial charge in [0.2, 0.25) is 0 Å². The fourth-order valence-corrected chi connectivity index (χ4v) is 4.46. The Morgan fingerprint density at radius 1 is 1.12 bits per heavy atom. The van der Waals surface area contributed by atoms with E-state index in [0.717, 1.165) is 12.1 Å². The first-order valence-corrected chi connectivity index (χ1v) is 10.5. The second-order valence-corrected chi connectivity index (χ2v) is 8.83. The second-order valence-electron chi connectivity index (χ2n) is 8.83. The summed E-state index contributed by atoms with van der Waals surface area (Å²) < 4.78 is 42.7. The summed E-state index contributed by atoms with van der Waals surface area (Å²) in [6.45, 7) is 1.72. The fraction of sp³-hybridized carbons (Fsp3) is 0.208. The van der Waals surface area contributed by atoms with Gasteiger partial charge in [-0.1, -0.05) is 12.1 Å². The molecule has 1 saturated carbocycles. The Labute approximate surface area is 191 Å². The van der Waals surface area contributed by atoms with Crippen molar-refractivity contribution in [1.29, 1.82) is 0 Å². The number of carbonyl (C=O) groups is 1. The smallest absolute Gasteiger partial charge is 0.254 e. The summed E-state index contributed by atoms with van der Waals surface area (Å²) in [5.74, 6) is -4.72. The molecule has 10 heteroatoms. The number of nitrogen functional groups attached to an aromatic ring is 1. The van der Waals surface area contributed by atoms with E-state index < -0.39 is 29.0 Å². The summed E-state index contributed by atoms with van der Waals surface area (Å²) in [7, 11) is 0. The summed E-state index contributed by atoms with van der Waals surface area (Å²) in [6.07, 6.45) is 2.23. The van der Waals surface area contributed by atoms with Gasteiger partial charge in [0, 0.05) is 28.3 Å². The Bertz CT molecular complexity index is 1470. The number of anilines is 1. The van der Waals surface area contributed by atoms with Gasteiger partial charge in [0.1, 0.15) is 17.1 Å². The largest absolute Gasteiger partial charge is 0.390 e. The van der Waals surface area contributed by atoms with Crippen LogP contribution in [0.4, 0.5) is 19.0 Å². The summed E-state index contributed by atoms with van der Waals surface area (Å²) in [5, 5.41) is 15.2. The lowest BCUT2D eigenvalue weighted by atomic mass is 9.77. The molecule has 5 rings (SSSR count). The minimum Gasteiger partial charge on any atom is -0.390 e. The van der Waals surface area contributed by atoms with Crippen molar-refractivity contribution in [3.63, 3.8) is 0 Å². The first-order chi connectivity index (χ1) is 16.1. The average molecular weight is 467 g/mol. The third-order valence-electron chi connectivity index (χ3n) is 6.19. The Hall–Kier alpha value is -3.92. The molecule has 2 aromatic carbocycles. The number of hydrogen-bond donors (Lipinski definition) is 3. The molecular formula is C24H20F3N5O2. The van der Waals surface area contributed by atoms with Gasteiger partial charge in [-0.05, 0) is 44.0 Å². The lowest BCUT2D eigenvalue weighted by molar-refractivity contribution is -0.0535. The van der Waals surface area contributed by atoms with E-state index in [1.165, 1.54) is 10.9 Å². The number of rotatable bonds is 4.